The maximum atomic E-state index is 2.48. The Morgan fingerprint density at radius 3 is 0.867 bits per heavy atom. The smallest absolute Gasteiger partial charge is 0.0620 e. The minimum atomic E-state index is 1.19. The monoisotopic (exact) mass is 1630 g/mol. The molecule has 0 aliphatic heterocycles. The zero-order valence-corrected chi connectivity index (χ0v) is 71.7. The van der Waals surface area contributed by atoms with E-state index >= 15 is 0 Å². The summed E-state index contributed by atoms with van der Waals surface area (Å²) in [5.41, 5.74) is 30.1. The van der Waals surface area contributed by atoms with E-state index in [1.54, 1.807) is 0 Å². The molecular weight excluding hydrogens is 1550 g/mol. The summed E-state index contributed by atoms with van der Waals surface area (Å²) in [6.07, 6.45) is 0. The highest BCUT2D eigenvalue weighted by Crippen LogP contribution is 2.49. The quantitative estimate of drug-likeness (QED) is 0.144. The number of para-hydroxylation sites is 4. The highest BCUT2D eigenvalue weighted by Gasteiger charge is 2.26. The van der Waals surface area contributed by atoms with E-state index in [4.69, 9.17) is 0 Å². The number of fused-ring (bicyclic) bond motifs is 24. The zero-order chi connectivity index (χ0) is 85.5. The summed E-state index contributed by atoms with van der Waals surface area (Å²) in [5.74, 6) is 0. The summed E-state index contributed by atoms with van der Waals surface area (Å²) in [6, 6.07) is 167. The van der Waals surface area contributed by atoms with Gasteiger partial charge in [-0.05, 0) is 235 Å². The number of hydrogen-bond acceptors (Lipinski definition) is 0. The lowest BCUT2D eigenvalue weighted by atomic mass is 9.94. The molecule has 0 aliphatic rings. The van der Waals surface area contributed by atoms with Gasteiger partial charge in [0.25, 0.3) is 0 Å². The molecule has 0 spiro atoms. The van der Waals surface area contributed by atoms with E-state index < -0.39 is 0 Å². The van der Waals surface area contributed by atoms with Crippen molar-refractivity contribution in [1.82, 2.24) is 18.3 Å². The Balaban J connectivity index is 0.0000000978. The molecule has 0 aliphatic carbocycles. The molecule has 0 unspecified atom stereocenters. The van der Waals surface area contributed by atoms with Crippen molar-refractivity contribution in [3.8, 4) is 67.3 Å². The summed E-state index contributed by atoms with van der Waals surface area (Å²) in [7, 11) is 0. The minimum Gasteiger partial charge on any atom is -0.309 e. The molecule has 604 valence electrons. The van der Waals surface area contributed by atoms with Gasteiger partial charge in [0.15, 0.2) is 0 Å². The van der Waals surface area contributed by atoms with Crippen LogP contribution in [0.1, 0.15) is 22.3 Å². The zero-order valence-electron chi connectivity index (χ0n) is 71.7. The van der Waals surface area contributed by atoms with Crippen LogP contribution in [-0.4, -0.2) is 18.3 Å². The number of aromatic nitrogens is 4. The molecule has 4 heterocycles. The van der Waals surface area contributed by atoms with Gasteiger partial charge in [-0.15, -0.1) is 0 Å². The third kappa shape index (κ3) is 13.0. The maximum Gasteiger partial charge on any atom is 0.0620 e. The molecule has 0 amide bonds. The molecule has 26 rings (SSSR count). The van der Waals surface area contributed by atoms with Gasteiger partial charge in [0.2, 0.25) is 0 Å². The molecule has 4 aromatic heterocycles. The van der Waals surface area contributed by atoms with Gasteiger partial charge in [0.1, 0.15) is 0 Å². The predicted molar refractivity (Wildman–Crippen MR) is 549 cm³/mol. The van der Waals surface area contributed by atoms with E-state index in [2.05, 4.69) is 507 Å². The first-order valence-corrected chi connectivity index (χ1v) is 44.4. The summed E-state index contributed by atoms with van der Waals surface area (Å²) >= 11 is 0. The Hall–Kier alpha value is -16.4. The standard InChI is InChI=1S/2C33H23N.2C29H21N/c1-22-20-30-32-27-18-10-9-17-26(27)29(23-12-4-2-5-13-23)21-31(32)34(24-14-6-3-7-15-24)33(30)28-19-11-8-16-25(22)28;1-22-20-30-31-21-29(23-12-4-2-5-13-23)26-17-9-11-19-28(26)33(31)34(24-14-6-3-7-15-24)32(30)27-18-10-8-16-25(22)27;1-20-18-27-25-17-16-22(21-10-4-2-5-11-21)19-28(25)30(23-12-6-3-7-13-23)29(27)26-15-9-8-14-24(20)26;1-20-16-17-27-26(18-20)29-24-15-9-8-14-23(24)25(21-10-4-2-5-11-21)19-28(29)30(27)22-12-6-3-7-13-22/h2*2-21H,1H3;2*2-19H,1H3. The third-order valence-corrected chi connectivity index (χ3v) is 26.3. The van der Waals surface area contributed by atoms with E-state index in [0.29, 0.717) is 0 Å². The van der Waals surface area contributed by atoms with Gasteiger partial charge in [0.05, 0.1) is 44.1 Å². The van der Waals surface area contributed by atoms with Crippen molar-refractivity contribution in [2.24, 2.45) is 0 Å². The van der Waals surface area contributed by atoms with Crippen molar-refractivity contribution in [3.05, 3.63) is 483 Å². The highest BCUT2D eigenvalue weighted by molar-refractivity contribution is 6.30. The van der Waals surface area contributed by atoms with Crippen molar-refractivity contribution in [1.29, 1.82) is 0 Å². The molecule has 4 nitrogen and oxygen atoms in total. The molecule has 22 aromatic carbocycles. The molecule has 0 fully saturated rings. The fourth-order valence-electron chi connectivity index (χ4n) is 20.6. The largest absolute Gasteiger partial charge is 0.309 e. The van der Waals surface area contributed by atoms with Crippen molar-refractivity contribution in [2.45, 2.75) is 27.7 Å². The third-order valence-electron chi connectivity index (χ3n) is 26.3. The van der Waals surface area contributed by atoms with Crippen LogP contribution in [0.2, 0.25) is 0 Å². The lowest BCUT2D eigenvalue weighted by molar-refractivity contribution is 1.18. The van der Waals surface area contributed by atoms with Crippen molar-refractivity contribution in [2.75, 3.05) is 0 Å². The lowest BCUT2D eigenvalue weighted by Gasteiger charge is -2.13. The van der Waals surface area contributed by atoms with Gasteiger partial charge >= 0.3 is 0 Å². The van der Waals surface area contributed by atoms with Gasteiger partial charge in [-0.1, -0.05) is 363 Å². The van der Waals surface area contributed by atoms with E-state index in [1.807, 2.05) is 0 Å². The lowest BCUT2D eigenvalue weighted by Crippen LogP contribution is -1.95. The van der Waals surface area contributed by atoms with E-state index in [-0.39, 0.29) is 0 Å². The Kier molecular flexibility index (Phi) is 19.2. The van der Waals surface area contributed by atoms with Crippen LogP contribution in [0.4, 0.5) is 0 Å². The molecule has 0 N–H and O–H groups in total. The first-order valence-electron chi connectivity index (χ1n) is 44.4. The second-order valence-electron chi connectivity index (χ2n) is 33.9. The van der Waals surface area contributed by atoms with Crippen molar-refractivity contribution in [3.63, 3.8) is 0 Å². The van der Waals surface area contributed by atoms with Gasteiger partial charge in [-0.2, -0.15) is 0 Å². The van der Waals surface area contributed by atoms with Crippen LogP contribution < -0.4 is 0 Å². The summed E-state index contributed by atoms with van der Waals surface area (Å²) in [6.45, 7) is 8.85. The molecule has 0 radical (unpaired) electrons. The van der Waals surface area contributed by atoms with Crippen LogP contribution in [0, 0.1) is 27.7 Å². The van der Waals surface area contributed by atoms with Gasteiger partial charge in [-0.25, -0.2) is 0 Å². The fraction of sp³-hybridized carbons (Fsp3) is 0.0323. The van der Waals surface area contributed by atoms with E-state index in [0.717, 1.165) is 0 Å². The Morgan fingerprint density at radius 1 is 0.141 bits per heavy atom. The maximum absolute atomic E-state index is 2.48. The Bertz CT molecular complexity index is 8750. The molecule has 128 heavy (non-hydrogen) atoms. The van der Waals surface area contributed by atoms with Crippen LogP contribution in [-0.2, 0) is 0 Å². The van der Waals surface area contributed by atoms with Crippen LogP contribution in [0.25, 0.3) is 219 Å². The number of rotatable bonds is 8. The van der Waals surface area contributed by atoms with E-state index in [1.165, 1.54) is 241 Å². The fourth-order valence-corrected chi connectivity index (χ4v) is 20.6. The summed E-state index contributed by atoms with van der Waals surface area (Å²) in [4.78, 5) is 0. The molecule has 0 bridgehead atoms. The first kappa shape index (κ1) is 76.5. The number of hydrogen-bond donors (Lipinski definition) is 0. The predicted octanol–water partition coefficient (Wildman–Crippen LogP) is 34.0. The van der Waals surface area contributed by atoms with Gasteiger partial charge in [-0.3, -0.25) is 0 Å². The van der Waals surface area contributed by atoms with Gasteiger partial charge in [0, 0.05) is 87.4 Å². The molecular formula is C124H88N4. The second-order valence-corrected chi connectivity index (χ2v) is 33.9. The van der Waals surface area contributed by atoms with Crippen molar-refractivity contribution >= 4 is 152 Å². The van der Waals surface area contributed by atoms with Crippen LogP contribution in [0.3, 0.4) is 0 Å². The second kappa shape index (κ2) is 32.0. The van der Waals surface area contributed by atoms with Crippen LogP contribution >= 0.6 is 0 Å². The normalized spacial score (nSPS) is 11.6. The highest BCUT2D eigenvalue weighted by atomic mass is 15.0. The molecule has 4 heteroatoms. The molecule has 0 saturated carbocycles. The van der Waals surface area contributed by atoms with Crippen molar-refractivity contribution < 1.29 is 0 Å². The molecule has 0 atom stereocenters. The first-order chi connectivity index (χ1) is 63.2. The van der Waals surface area contributed by atoms with Crippen LogP contribution in [0.5, 0.6) is 0 Å². The Morgan fingerprint density at radius 2 is 0.430 bits per heavy atom. The molecule has 0 saturated heterocycles. The molecule has 26 aromatic rings. The number of aryl methyl sites for hydroxylation is 4. The van der Waals surface area contributed by atoms with E-state index in [9.17, 15) is 0 Å². The number of benzene rings is 22. The average molecular weight is 1630 g/mol. The summed E-state index contributed by atoms with van der Waals surface area (Å²) in [5, 5.41) is 26.0. The van der Waals surface area contributed by atoms with Gasteiger partial charge < -0.3 is 18.3 Å². The topological polar surface area (TPSA) is 19.7 Å². The van der Waals surface area contributed by atoms with Crippen LogP contribution in [0.15, 0.2) is 461 Å². The minimum absolute atomic E-state index is 1.19. The summed E-state index contributed by atoms with van der Waals surface area (Å²) < 4.78 is 9.77. The Labute approximate surface area is 743 Å². The average Bonchev–Trinajstić information content (AvgIpc) is 1.56. The number of nitrogens with zero attached hydrogens (tertiary/aromatic N) is 4. The SMILES string of the molecule is Cc1cc2c3c4ccccc4c(-c4ccccc4)cc3n(-c3ccccc3)c2c2ccccc12.Cc1cc2c3cc(-c4ccccc4)c4ccccc4c3n(-c3ccccc3)c2c2ccccc12.Cc1cc2c3ccc(-c4ccccc4)cc3n(-c3ccccc3)c2c2ccccc12.Cc1ccc2c(c1)c1c3ccccc3c(-c3ccccc3)cc1n2-c1ccccc1.